The second-order valence-corrected chi connectivity index (χ2v) is 6.09. The van der Waals surface area contributed by atoms with Crippen molar-refractivity contribution in [3.63, 3.8) is 0 Å². The molecule has 0 aromatic carbocycles. The zero-order chi connectivity index (χ0) is 17.4. The Balaban J connectivity index is 2.61. The number of nitrogens with one attached hydrogen (secondary N) is 1. The fraction of sp³-hybridized carbons (Fsp3) is 0.588. The maximum absolute atomic E-state index is 12.4. The van der Waals surface area contributed by atoms with Crippen LogP contribution in [0.25, 0.3) is 0 Å². The number of unbranched alkanes of at least 4 members (excludes halogenated alkanes) is 2. The minimum absolute atomic E-state index is 0.0125. The van der Waals surface area contributed by atoms with Gasteiger partial charge in [-0.05, 0) is 31.7 Å². The topological polar surface area (TPSA) is 88.4 Å². The van der Waals surface area contributed by atoms with Crippen molar-refractivity contribution in [1.82, 2.24) is 9.88 Å². The minimum Gasteiger partial charge on any atom is -0.481 e. The molecule has 0 aliphatic carbocycles. The molecule has 0 saturated carbocycles. The third-order valence-electron chi connectivity index (χ3n) is 3.73. The summed E-state index contributed by atoms with van der Waals surface area (Å²) in [5.41, 5.74) is 0.461. The Labute approximate surface area is 136 Å². The molecule has 6 nitrogen and oxygen atoms in total. The first-order valence-corrected chi connectivity index (χ1v) is 8.02. The summed E-state index contributed by atoms with van der Waals surface area (Å²) in [7, 11) is 0. The molecule has 0 fully saturated rings. The highest BCUT2D eigenvalue weighted by Gasteiger charge is 2.24. The molecule has 0 aliphatic heterocycles. The maximum Gasteiger partial charge on any atom is 0.303 e. The number of hydrogen-bond donors (Lipinski definition) is 2. The zero-order valence-electron chi connectivity index (χ0n) is 14.0. The van der Waals surface area contributed by atoms with Gasteiger partial charge in [-0.15, -0.1) is 0 Å². The van der Waals surface area contributed by atoms with Crippen molar-refractivity contribution in [2.75, 3.05) is 6.54 Å². The second kappa shape index (κ2) is 9.12. The number of carboxylic acid groups (broad SMARTS) is 1. The number of nitrogens with zero attached hydrogens (tertiary/aromatic N) is 1. The first-order valence-electron chi connectivity index (χ1n) is 8.02. The first-order chi connectivity index (χ1) is 10.8. The van der Waals surface area contributed by atoms with Crippen LogP contribution in [0.15, 0.2) is 23.1 Å². The molecule has 1 aromatic heterocycles. The van der Waals surface area contributed by atoms with Gasteiger partial charge in [0.2, 0.25) is 5.91 Å². The summed E-state index contributed by atoms with van der Waals surface area (Å²) in [5.74, 6) is -0.986. The highest BCUT2D eigenvalue weighted by Crippen LogP contribution is 2.16. The fourth-order valence-corrected chi connectivity index (χ4v) is 2.49. The summed E-state index contributed by atoms with van der Waals surface area (Å²) in [4.78, 5) is 35.1. The van der Waals surface area contributed by atoms with Crippen LogP contribution < -0.4 is 10.9 Å². The van der Waals surface area contributed by atoms with E-state index in [4.69, 9.17) is 5.11 Å². The SMILES string of the molecule is Cc1cccn(C(C(=O)NCCCCCC(=O)O)C(C)C)c1=O. The number of carboxylic acids is 1. The fourth-order valence-electron chi connectivity index (χ4n) is 2.49. The lowest BCUT2D eigenvalue weighted by atomic mass is 10.0. The maximum atomic E-state index is 12.4. The largest absolute Gasteiger partial charge is 0.481 e. The van der Waals surface area contributed by atoms with E-state index < -0.39 is 12.0 Å². The van der Waals surface area contributed by atoms with Crippen molar-refractivity contribution in [3.05, 3.63) is 34.2 Å². The van der Waals surface area contributed by atoms with E-state index in [9.17, 15) is 14.4 Å². The van der Waals surface area contributed by atoms with Gasteiger partial charge in [-0.3, -0.25) is 14.4 Å². The lowest BCUT2D eigenvalue weighted by molar-refractivity contribution is -0.137. The van der Waals surface area contributed by atoms with Crippen LogP contribution in [0, 0.1) is 12.8 Å². The van der Waals surface area contributed by atoms with Crippen LogP contribution in [0.5, 0.6) is 0 Å². The third kappa shape index (κ3) is 5.88. The number of hydrogen-bond acceptors (Lipinski definition) is 3. The van der Waals surface area contributed by atoms with Gasteiger partial charge in [-0.1, -0.05) is 26.3 Å². The number of rotatable bonds is 9. The van der Waals surface area contributed by atoms with Gasteiger partial charge in [0, 0.05) is 24.7 Å². The van der Waals surface area contributed by atoms with Crippen LogP contribution in [-0.4, -0.2) is 28.1 Å². The van der Waals surface area contributed by atoms with Crippen LogP contribution in [0.3, 0.4) is 0 Å². The van der Waals surface area contributed by atoms with Crippen molar-refractivity contribution in [3.8, 4) is 0 Å². The minimum atomic E-state index is -0.798. The molecular weight excluding hydrogens is 296 g/mol. The molecule has 0 aliphatic rings. The summed E-state index contributed by atoms with van der Waals surface area (Å²) >= 11 is 0. The van der Waals surface area contributed by atoms with E-state index in [1.54, 1.807) is 25.3 Å². The van der Waals surface area contributed by atoms with E-state index in [1.165, 1.54) is 4.57 Å². The Hall–Kier alpha value is -2.11. The van der Waals surface area contributed by atoms with Crippen molar-refractivity contribution in [1.29, 1.82) is 0 Å². The quantitative estimate of drug-likeness (QED) is 0.682. The third-order valence-corrected chi connectivity index (χ3v) is 3.73. The summed E-state index contributed by atoms with van der Waals surface area (Å²) in [5, 5.41) is 11.4. The molecule has 1 unspecified atom stereocenters. The molecule has 0 radical (unpaired) electrons. The number of carbonyl (C=O) groups excluding carboxylic acids is 1. The van der Waals surface area contributed by atoms with Crippen molar-refractivity contribution in [2.45, 2.75) is 52.5 Å². The zero-order valence-corrected chi connectivity index (χ0v) is 14.0. The second-order valence-electron chi connectivity index (χ2n) is 6.09. The normalized spacial score (nSPS) is 12.2. The van der Waals surface area contributed by atoms with Gasteiger partial charge in [0.05, 0.1) is 0 Å². The molecule has 6 heteroatoms. The average Bonchev–Trinajstić information content (AvgIpc) is 2.46. The molecule has 0 spiro atoms. The van der Waals surface area contributed by atoms with Crippen LogP contribution in [-0.2, 0) is 9.59 Å². The summed E-state index contributed by atoms with van der Waals surface area (Å²) < 4.78 is 1.49. The first kappa shape index (κ1) is 18.9. The Morgan fingerprint density at radius 1 is 1.26 bits per heavy atom. The van der Waals surface area contributed by atoms with E-state index in [1.807, 2.05) is 13.8 Å². The molecule has 1 aromatic rings. The van der Waals surface area contributed by atoms with Crippen molar-refractivity contribution in [2.24, 2.45) is 5.92 Å². The predicted molar refractivity (Wildman–Crippen MR) is 88.4 cm³/mol. The molecule has 0 saturated heterocycles. The van der Waals surface area contributed by atoms with Crippen molar-refractivity contribution < 1.29 is 14.7 Å². The van der Waals surface area contributed by atoms with Gasteiger partial charge in [-0.2, -0.15) is 0 Å². The molecule has 1 heterocycles. The molecule has 23 heavy (non-hydrogen) atoms. The molecule has 2 N–H and O–H groups in total. The van der Waals surface area contributed by atoms with Gasteiger partial charge in [0.15, 0.2) is 0 Å². The van der Waals surface area contributed by atoms with Gasteiger partial charge in [-0.25, -0.2) is 0 Å². The van der Waals surface area contributed by atoms with Crippen molar-refractivity contribution >= 4 is 11.9 Å². The molecule has 1 rings (SSSR count). The van der Waals surface area contributed by atoms with Gasteiger partial charge >= 0.3 is 5.97 Å². The summed E-state index contributed by atoms with van der Waals surface area (Å²) in [6, 6.07) is 2.96. The molecule has 1 atom stereocenters. The number of carbonyl (C=O) groups is 2. The van der Waals surface area contributed by atoms with Gasteiger partial charge in [0.25, 0.3) is 5.56 Å². The lowest BCUT2D eigenvalue weighted by Crippen LogP contribution is -2.40. The van der Waals surface area contributed by atoms with Gasteiger partial charge in [0.1, 0.15) is 6.04 Å². The van der Waals surface area contributed by atoms with Crippen LogP contribution in [0.4, 0.5) is 0 Å². The lowest BCUT2D eigenvalue weighted by Gasteiger charge is -2.23. The average molecular weight is 322 g/mol. The van der Waals surface area contributed by atoms with Crippen LogP contribution in [0.2, 0.25) is 0 Å². The number of aromatic nitrogens is 1. The number of pyridine rings is 1. The molecule has 1 amide bonds. The standard InChI is InChI=1S/C17H26N2O4/c1-12(2)15(19-11-7-8-13(3)17(19)23)16(22)18-10-6-4-5-9-14(20)21/h7-8,11-12,15H,4-6,9-10H2,1-3H3,(H,18,22)(H,20,21). The summed E-state index contributed by atoms with van der Waals surface area (Å²) in [6.07, 6.45) is 3.89. The number of aryl methyl sites for hydroxylation is 1. The van der Waals surface area contributed by atoms with Crippen LogP contribution >= 0.6 is 0 Å². The Morgan fingerprint density at radius 3 is 2.57 bits per heavy atom. The van der Waals surface area contributed by atoms with E-state index in [0.29, 0.717) is 18.5 Å². The van der Waals surface area contributed by atoms with Crippen LogP contribution in [0.1, 0.15) is 51.1 Å². The smallest absolute Gasteiger partial charge is 0.303 e. The Bertz CT molecular complexity index is 593. The predicted octanol–water partition coefficient (Wildman–Crippen LogP) is 2.12. The van der Waals surface area contributed by atoms with E-state index in [0.717, 1.165) is 12.8 Å². The summed E-state index contributed by atoms with van der Waals surface area (Å²) in [6.45, 7) is 6.04. The van der Waals surface area contributed by atoms with Gasteiger partial charge < -0.3 is 15.0 Å². The van der Waals surface area contributed by atoms with E-state index >= 15 is 0 Å². The van der Waals surface area contributed by atoms with E-state index in [-0.39, 0.29) is 23.8 Å². The Morgan fingerprint density at radius 2 is 1.96 bits per heavy atom. The Kier molecular flexibility index (Phi) is 7.51. The highest BCUT2D eigenvalue weighted by atomic mass is 16.4. The molecular formula is C17H26N2O4. The number of amides is 1. The number of aliphatic carboxylic acids is 1. The monoisotopic (exact) mass is 322 g/mol. The van der Waals surface area contributed by atoms with E-state index in [2.05, 4.69) is 5.32 Å². The highest BCUT2D eigenvalue weighted by molar-refractivity contribution is 5.80. The molecule has 128 valence electrons. The molecule has 0 bridgehead atoms.